The van der Waals surface area contributed by atoms with E-state index in [-0.39, 0.29) is 12.2 Å². The lowest BCUT2D eigenvalue weighted by molar-refractivity contribution is -0.0527. The Morgan fingerprint density at radius 3 is 2.36 bits per heavy atom. The van der Waals surface area contributed by atoms with Crippen molar-refractivity contribution in [1.29, 1.82) is 0 Å². The van der Waals surface area contributed by atoms with E-state index in [4.69, 9.17) is 4.74 Å². The highest BCUT2D eigenvalue weighted by Gasteiger charge is 2.26. The highest BCUT2D eigenvalue weighted by molar-refractivity contribution is 4.76. The van der Waals surface area contributed by atoms with Gasteiger partial charge in [-0.3, -0.25) is 0 Å². The van der Waals surface area contributed by atoms with Crippen LogP contribution in [0.2, 0.25) is 0 Å². The Balaban J connectivity index is 1.72. The van der Waals surface area contributed by atoms with Gasteiger partial charge in [-0.15, -0.1) is 0 Å². The van der Waals surface area contributed by atoms with E-state index < -0.39 is 0 Å². The minimum atomic E-state index is -0.200. The van der Waals surface area contributed by atoms with Crippen molar-refractivity contribution in [2.45, 2.75) is 63.6 Å². The third-order valence-corrected chi connectivity index (χ3v) is 3.41. The van der Waals surface area contributed by atoms with Crippen LogP contribution in [0.4, 0.5) is 0 Å². The van der Waals surface area contributed by atoms with Gasteiger partial charge in [0.15, 0.2) is 0 Å². The number of aliphatic hydroxyl groups excluding tert-OH is 1. The number of ether oxygens (including phenoxy) is 1. The maximum Gasteiger partial charge on any atom is 0.0834 e. The molecule has 2 unspecified atom stereocenters. The average Bonchev–Trinajstić information content (AvgIpc) is 2.95. The number of hydrogen-bond acceptors (Lipinski definition) is 2. The second-order valence-corrected chi connectivity index (χ2v) is 4.87. The van der Waals surface area contributed by atoms with Crippen LogP contribution in [0.3, 0.4) is 0 Å². The molecule has 2 atom stereocenters. The Morgan fingerprint density at radius 2 is 1.64 bits per heavy atom. The van der Waals surface area contributed by atoms with Crippen molar-refractivity contribution in [2.75, 3.05) is 6.61 Å². The maximum absolute atomic E-state index is 9.88. The van der Waals surface area contributed by atoms with Crippen molar-refractivity contribution < 1.29 is 9.84 Å². The zero-order valence-corrected chi connectivity index (χ0v) is 8.95. The molecule has 0 amide bonds. The minimum Gasteiger partial charge on any atom is -0.390 e. The maximum atomic E-state index is 9.88. The molecule has 2 heteroatoms. The summed E-state index contributed by atoms with van der Waals surface area (Å²) in [5, 5.41) is 9.88. The van der Waals surface area contributed by atoms with Crippen LogP contribution in [-0.2, 0) is 4.74 Å². The molecule has 0 spiro atoms. The van der Waals surface area contributed by atoms with Gasteiger partial charge in [-0.1, -0.05) is 25.7 Å². The Hall–Kier alpha value is -0.0800. The standard InChI is InChI=1S/C12H22O2/c13-11-5-3-1-2-4-6-12(11)14-9-10-7-8-10/h10-13H,1-9H2. The zero-order valence-electron chi connectivity index (χ0n) is 8.95. The molecule has 0 radical (unpaired) electrons. The van der Waals surface area contributed by atoms with Gasteiger partial charge >= 0.3 is 0 Å². The van der Waals surface area contributed by atoms with E-state index in [0.29, 0.717) is 0 Å². The van der Waals surface area contributed by atoms with Crippen molar-refractivity contribution in [3.63, 3.8) is 0 Å². The van der Waals surface area contributed by atoms with Gasteiger partial charge in [0.2, 0.25) is 0 Å². The first kappa shape index (κ1) is 10.4. The Morgan fingerprint density at radius 1 is 0.929 bits per heavy atom. The number of rotatable bonds is 3. The molecule has 0 bridgehead atoms. The van der Waals surface area contributed by atoms with Gasteiger partial charge in [0.05, 0.1) is 12.2 Å². The largest absolute Gasteiger partial charge is 0.390 e. The molecule has 2 fully saturated rings. The van der Waals surface area contributed by atoms with Crippen LogP contribution in [0.5, 0.6) is 0 Å². The van der Waals surface area contributed by atoms with Gasteiger partial charge in [-0.25, -0.2) is 0 Å². The highest BCUT2D eigenvalue weighted by Crippen LogP contribution is 2.30. The van der Waals surface area contributed by atoms with E-state index in [1.54, 1.807) is 0 Å². The summed E-state index contributed by atoms with van der Waals surface area (Å²) in [6.45, 7) is 0.891. The third-order valence-electron chi connectivity index (χ3n) is 3.41. The van der Waals surface area contributed by atoms with Crippen LogP contribution >= 0.6 is 0 Å². The summed E-state index contributed by atoms with van der Waals surface area (Å²) >= 11 is 0. The molecule has 0 heterocycles. The van der Waals surface area contributed by atoms with Crippen LogP contribution in [0.1, 0.15) is 51.4 Å². The first-order valence-corrected chi connectivity index (χ1v) is 6.16. The lowest BCUT2D eigenvalue weighted by Crippen LogP contribution is -2.30. The molecule has 0 aromatic rings. The van der Waals surface area contributed by atoms with E-state index in [1.807, 2.05) is 0 Å². The second kappa shape index (κ2) is 5.13. The molecule has 82 valence electrons. The fourth-order valence-corrected chi connectivity index (χ4v) is 2.17. The smallest absolute Gasteiger partial charge is 0.0834 e. The predicted octanol–water partition coefficient (Wildman–Crippen LogP) is 2.50. The van der Waals surface area contributed by atoms with Crippen molar-refractivity contribution in [3.8, 4) is 0 Å². The SMILES string of the molecule is OC1CCCCCCC1OCC1CC1. The summed E-state index contributed by atoms with van der Waals surface area (Å²) in [6, 6.07) is 0. The monoisotopic (exact) mass is 198 g/mol. The van der Waals surface area contributed by atoms with Crippen molar-refractivity contribution in [1.82, 2.24) is 0 Å². The van der Waals surface area contributed by atoms with Gasteiger partial charge in [-0.2, -0.15) is 0 Å². The number of hydrogen-bond donors (Lipinski definition) is 1. The van der Waals surface area contributed by atoms with Gasteiger partial charge in [0.1, 0.15) is 0 Å². The molecular formula is C12H22O2. The van der Waals surface area contributed by atoms with Crippen LogP contribution in [0, 0.1) is 5.92 Å². The molecule has 0 saturated heterocycles. The predicted molar refractivity (Wildman–Crippen MR) is 56.2 cm³/mol. The highest BCUT2D eigenvalue weighted by atomic mass is 16.5. The molecule has 2 aliphatic carbocycles. The van der Waals surface area contributed by atoms with E-state index in [2.05, 4.69) is 0 Å². The topological polar surface area (TPSA) is 29.5 Å². The summed E-state index contributed by atoms with van der Waals surface area (Å²) in [4.78, 5) is 0. The Bertz CT molecular complexity index is 166. The van der Waals surface area contributed by atoms with Gasteiger partial charge < -0.3 is 9.84 Å². The van der Waals surface area contributed by atoms with Gasteiger partial charge in [0.25, 0.3) is 0 Å². The lowest BCUT2D eigenvalue weighted by atomic mass is 9.96. The van der Waals surface area contributed by atoms with Crippen LogP contribution < -0.4 is 0 Å². The molecule has 2 rings (SSSR count). The van der Waals surface area contributed by atoms with E-state index in [9.17, 15) is 5.11 Å². The molecule has 0 aromatic carbocycles. The summed E-state index contributed by atoms with van der Waals surface area (Å²) in [5.74, 6) is 0.813. The summed E-state index contributed by atoms with van der Waals surface area (Å²) in [5.41, 5.74) is 0. The zero-order chi connectivity index (χ0) is 9.80. The van der Waals surface area contributed by atoms with Crippen LogP contribution in [0.15, 0.2) is 0 Å². The van der Waals surface area contributed by atoms with Gasteiger partial charge in [0, 0.05) is 6.61 Å². The average molecular weight is 198 g/mol. The fraction of sp³-hybridized carbons (Fsp3) is 1.00. The quantitative estimate of drug-likeness (QED) is 0.755. The van der Waals surface area contributed by atoms with Crippen LogP contribution in [0.25, 0.3) is 0 Å². The Labute approximate surface area is 86.6 Å². The minimum absolute atomic E-state index is 0.135. The normalized spacial score (nSPS) is 34.9. The van der Waals surface area contributed by atoms with Crippen molar-refractivity contribution >= 4 is 0 Å². The van der Waals surface area contributed by atoms with Crippen molar-refractivity contribution in [3.05, 3.63) is 0 Å². The fourth-order valence-electron chi connectivity index (χ4n) is 2.17. The molecule has 2 nitrogen and oxygen atoms in total. The Kier molecular flexibility index (Phi) is 3.82. The van der Waals surface area contributed by atoms with Crippen molar-refractivity contribution in [2.24, 2.45) is 5.92 Å². The third kappa shape index (κ3) is 3.25. The van der Waals surface area contributed by atoms with Crippen LogP contribution in [-0.4, -0.2) is 23.9 Å². The molecule has 2 aliphatic rings. The van der Waals surface area contributed by atoms with E-state index in [1.165, 1.54) is 38.5 Å². The molecule has 0 aliphatic heterocycles. The first-order chi connectivity index (χ1) is 6.86. The molecular weight excluding hydrogens is 176 g/mol. The second-order valence-electron chi connectivity index (χ2n) is 4.87. The molecule has 1 N–H and O–H groups in total. The molecule has 14 heavy (non-hydrogen) atoms. The van der Waals surface area contributed by atoms with E-state index >= 15 is 0 Å². The van der Waals surface area contributed by atoms with E-state index in [0.717, 1.165) is 25.4 Å². The summed E-state index contributed by atoms with van der Waals surface area (Å²) in [6.07, 6.45) is 9.61. The molecule has 0 aromatic heterocycles. The lowest BCUT2D eigenvalue weighted by Gasteiger charge is -2.25. The first-order valence-electron chi connectivity index (χ1n) is 6.16. The molecule has 2 saturated carbocycles. The summed E-state index contributed by atoms with van der Waals surface area (Å²) < 4.78 is 5.80. The van der Waals surface area contributed by atoms with Gasteiger partial charge in [-0.05, 0) is 31.6 Å². The summed E-state index contributed by atoms with van der Waals surface area (Å²) in [7, 11) is 0. The number of aliphatic hydroxyl groups is 1.